The lowest BCUT2D eigenvalue weighted by Gasteiger charge is -2.36. The highest BCUT2D eigenvalue weighted by Gasteiger charge is 2.34. The molecule has 2 aliphatic rings. The van der Waals surface area contributed by atoms with Crippen LogP contribution in [-0.2, 0) is 11.3 Å². The van der Waals surface area contributed by atoms with Gasteiger partial charge in [0.1, 0.15) is 5.76 Å². The molecule has 1 aliphatic heterocycles. The monoisotopic (exact) mass is 306 g/mol. The minimum atomic E-state index is 0.0450. The Kier molecular flexibility index (Phi) is 4.49. The van der Waals surface area contributed by atoms with E-state index >= 15 is 0 Å². The molecule has 1 aromatic rings. The Morgan fingerprint density at radius 3 is 2.55 bits per heavy atom. The van der Waals surface area contributed by atoms with Crippen molar-refractivity contribution in [1.29, 1.82) is 0 Å². The van der Waals surface area contributed by atoms with Gasteiger partial charge in [-0.1, -0.05) is 6.42 Å². The van der Waals surface area contributed by atoms with E-state index in [4.69, 9.17) is 10.2 Å². The van der Waals surface area contributed by atoms with E-state index in [1.165, 1.54) is 0 Å². The number of aromatic nitrogens is 1. The van der Waals surface area contributed by atoms with Gasteiger partial charge in [0, 0.05) is 32.2 Å². The van der Waals surface area contributed by atoms with Gasteiger partial charge in [0.25, 0.3) is 0 Å². The molecule has 2 fully saturated rings. The van der Waals surface area contributed by atoms with E-state index in [1.807, 2.05) is 18.7 Å². The molecule has 6 heteroatoms. The molecule has 0 radical (unpaired) electrons. The molecule has 3 rings (SSSR count). The van der Waals surface area contributed by atoms with Gasteiger partial charge >= 0.3 is 0 Å². The maximum atomic E-state index is 12.5. The summed E-state index contributed by atoms with van der Waals surface area (Å²) in [6.45, 7) is 7.92. The first-order valence-corrected chi connectivity index (χ1v) is 8.24. The highest BCUT2D eigenvalue weighted by Crippen LogP contribution is 2.26. The molecule has 0 bridgehead atoms. The van der Waals surface area contributed by atoms with Gasteiger partial charge in [0.2, 0.25) is 11.8 Å². The van der Waals surface area contributed by atoms with Crippen molar-refractivity contribution in [2.24, 2.45) is 11.7 Å². The zero-order valence-corrected chi connectivity index (χ0v) is 13.5. The van der Waals surface area contributed by atoms with Crippen molar-refractivity contribution in [3.8, 4) is 0 Å². The fraction of sp³-hybridized carbons (Fsp3) is 0.750. The van der Waals surface area contributed by atoms with E-state index in [0.29, 0.717) is 0 Å². The van der Waals surface area contributed by atoms with Crippen LogP contribution in [0.3, 0.4) is 0 Å². The number of oxazole rings is 1. The molecule has 2 heterocycles. The third kappa shape index (κ3) is 3.17. The number of aryl methyl sites for hydroxylation is 2. The van der Waals surface area contributed by atoms with Crippen LogP contribution in [0.15, 0.2) is 4.42 Å². The standard InChI is InChI=1S/C16H26N4O2/c1-11-12(2)22-15(18-11)10-19-6-8-20(9-7-19)16(21)13-4-3-5-14(13)17/h13-14H,3-10,17H2,1-2H3. The molecule has 2 atom stereocenters. The second kappa shape index (κ2) is 6.38. The minimum absolute atomic E-state index is 0.0450. The van der Waals surface area contributed by atoms with Crippen LogP contribution >= 0.6 is 0 Å². The third-order valence-electron chi connectivity index (χ3n) is 5.00. The van der Waals surface area contributed by atoms with E-state index in [-0.39, 0.29) is 17.9 Å². The Morgan fingerprint density at radius 2 is 2.00 bits per heavy atom. The topological polar surface area (TPSA) is 75.6 Å². The van der Waals surface area contributed by atoms with Crippen LogP contribution in [0.25, 0.3) is 0 Å². The highest BCUT2D eigenvalue weighted by molar-refractivity contribution is 5.80. The van der Waals surface area contributed by atoms with Crippen molar-refractivity contribution in [2.75, 3.05) is 26.2 Å². The third-order valence-corrected chi connectivity index (χ3v) is 5.00. The SMILES string of the molecule is Cc1nc(CN2CCN(C(=O)C3CCCC3N)CC2)oc1C. The average molecular weight is 306 g/mol. The molecule has 6 nitrogen and oxygen atoms in total. The Labute approximate surface area is 131 Å². The molecule has 0 spiro atoms. The fourth-order valence-corrected chi connectivity index (χ4v) is 3.45. The summed E-state index contributed by atoms with van der Waals surface area (Å²) in [5, 5.41) is 0. The number of carbonyl (C=O) groups excluding carboxylic acids is 1. The van der Waals surface area contributed by atoms with Gasteiger partial charge in [-0.2, -0.15) is 0 Å². The summed E-state index contributed by atoms with van der Waals surface area (Å²) in [5.74, 6) is 1.96. The molecule has 1 saturated carbocycles. The fourth-order valence-electron chi connectivity index (χ4n) is 3.45. The number of hydrogen-bond donors (Lipinski definition) is 1. The lowest BCUT2D eigenvalue weighted by molar-refractivity contribution is -0.137. The average Bonchev–Trinajstić information content (AvgIpc) is 3.05. The molecule has 1 amide bonds. The van der Waals surface area contributed by atoms with Crippen molar-refractivity contribution < 1.29 is 9.21 Å². The van der Waals surface area contributed by atoms with E-state index in [9.17, 15) is 4.79 Å². The molecule has 2 unspecified atom stereocenters. The summed E-state index contributed by atoms with van der Waals surface area (Å²) in [5.41, 5.74) is 7.01. The quantitative estimate of drug-likeness (QED) is 0.904. The molecule has 1 saturated heterocycles. The van der Waals surface area contributed by atoms with Crippen molar-refractivity contribution in [1.82, 2.24) is 14.8 Å². The maximum Gasteiger partial charge on any atom is 0.227 e. The molecule has 1 aromatic heterocycles. The molecule has 0 aromatic carbocycles. The first kappa shape index (κ1) is 15.5. The second-order valence-corrected chi connectivity index (χ2v) is 6.55. The summed E-state index contributed by atoms with van der Waals surface area (Å²) in [6, 6.07) is 0.0591. The van der Waals surface area contributed by atoms with Gasteiger partial charge in [-0.15, -0.1) is 0 Å². The summed E-state index contributed by atoms with van der Waals surface area (Å²) < 4.78 is 5.64. The first-order chi connectivity index (χ1) is 10.5. The van der Waals surface area contributed by atoms with E-state index in [2.05, 4.69) is 9.88 Å². The summed E-state index contributed by atoms with van der Waals surface area (Å²) in [4.78, 5) is 21.2. The Balaban J connectivity index is 1.50. The maximum absolute atomic E-state index is 12.5. The Hall–Kier alpha value is -1.40. The number of carbonyl (C=O) groups is 1. The lowest BCUT2D eigenvalue weighted by atomic mass is 10.0. The number of nitrogens with zero attached hydrogens (tertiary/aromatic N) is 3. The van der Waals surface area contributed by atoms with Crippen LogP contribution in [-0.4, -0.2) is 52.9 Å². The van der Waals surface area contributed by atoms with Gasteiger partial charge in [0.15, 0.2) is 0 Å². The molecular formula is C16H26N4O2. The zero-order valence-electron chi connectivity index (χ0n) is 13.5. The lowest BCUT2D eigenvalue weighted by Crippen LogP contribution is -2.51. The van der Waals surface area contributed by atoms with Crippen LogP contribution in [0, 0.1) is 19.8 Å². The van der Waals surface area contributed by atoms with Gasteiger partial charge in [-0.25, -0.2) is 4.98 Å². The van der Waals surface area contributed by atoms with Gasteiger partial charge in [-0.3, -0.25) is 9.69 Å². The normalized spacial score (nSPS) is 26.6. The summed E-state index contributed by atoms with van der Waals surface area (Å²) in [7, 11) is 0. The van der Waals surface area contributed by atoms with Gasteiger partial charge in [0.05, 0.1) is 18.2 Å². The molecular weight excluding hydrogens is 280 g/mol. The highest BCUT2D eigenvalue weighted by atomic mass is 16.4. The predicted molar refractivity (Wildman–Crippen MR) is 83.2 cm³/mol. The number of hydrogen-bond acceptors (Lipinski definition) is 5. The minimum Gasteiger partial charge on any atom is -0.444 e. The predicted octanol–water partition coefficient (Wildman–Crippen LogP) is 1.06. The van der Waals surface area contributed by atoms with Crippen LogP contribution < -0.4 is 5.73 Å². The van der Waals surface area contributed by atoms with Crippen LogP contribution in [0.1, 0.15) is 36.6 Å². The van der Waals surface area contributed by atoms with Gasteiger partial charge in [-0.05, 0) is 26.7 Å². The van der Waals surface area contributed by atoms with Crippen molar-refractivity contribution in [2.45, 2.75) is 45.7 Å². The molecule has 1 aliphatic carbocycles. The largest absolute Gasteiger partial charge is 0.444 e. The van der Waals surface area contributed by atoms with Gasteiger partial charge < -0.3 is 15.1 Å². The number of nitrogens with two attached hydrogens (primary N) is 1. The molecule has 22 heavy (non-hydrogen) atoms. The number of rotatable bonds is 3. The molecule has 122 valence electrons. The van der Waals surface area contributed by atoms with Crippen LogP contribution in [0.5, 0.6) is 0 Å². The first-order valence-electron chi connectivity index (χ1n) is 8.24. The number of amides is 1. The summed E-state index contributed by atoms with van der Waals surface area (Å²) in [6.07, 6.45) is 3.02. The van der Waals surface area contributed by atoms with E-state index < -0.39 is 0 Å². The van der Waals surface area contributed by atoms with E-state index in [1.54, 1.807) is 0 Å². The van der Waals surface area contributed by atoms with Crippen molar-refractivity contribution in [3.63, 3.8) is 0 Å². The zero-order chi connectivity index (χ0) is 15.7. The second-order valence-electron chi connectivity index (χ2n) is 6.55. The van der Waals surface area contributed by atoms with E-state index in [0.717, 1.165) is 69.3 Å². The Bertz CT molecular complexity index is 515. The van der Waals surface area contributed by atoms with Crippen molar-refractivity contribution >= 4 is 5.91 Å². The number of piperazine rings is 1. The summed E-state index contributed by atoms with van der Waals surface area (Å²) >= 11 is 0. The molecule has 2 N–H and O–H groups in total. The van der Waals surface area contributed by atoms with Crippen LogP contribution in [0.2, 0.25) is 0 Å². The van der Waals surface area contributed by atoms with Crippen LogP contribution in [0.4, 0.5) is 0 Å². The van der Waals surface area contributed by atoms with Crippen molar-refractivity contribution in [3.05, 3.63) is 17.3 Å². The Morgan fingerprint density at radius 1 is 1.27 bits per heavy atom. The smallest absolute Gasteiger partial charge is 0.227 e.